The number of rotatable bonds is 5. The van der Waals surface area contributed by atoms with Gasteiger partial charge in [-0.25, -0.2) is 0 Å². The van der Waals surface area contributed by atoms with E-state index in [9.17, 15) is 0 Å². The van der Waals surface area contributed by atoms with Gasteiger partial charge in [-0.15, -0.1) is 0 Å². The minimum absolute atomic E-state index is 0.278. The Kier molecular flexibility index (Phi) is 6.85. The SMILES string of the molecule is Cc1oc2ccc(OC(C)(C)C)c(CN3CCC(C)CC3)c2c1C(N)=NC1CCCCC1. The molecule has 1 aliphatic carbocycles. The molecule has 2 aromatic rings. The fourth-order valence-corrected chi connectivity index (χ4v) is 5.16. The number of aryl methyl sites for hydroxylation is 1. The van der Waals surface area contributed by atoms with Crippen LogP contribution in [0.25, 0.3) is 11.0 Å². The van der Waals surface area contributed by atoms with Crippen LogP contribution in [0.2, 0.25) is 0 Å². The minimum Gasteiger partial charge on any atom is -0.488 e. The molecule has 1 aromatic heterocycles. The molecule has 2 N–H and O–H groups in total. The fourth-order valence-electron chi connectivity index (χ4n) is 5.16. The summed E-state index contributed by atoms with van der Waals surface area (Å²) in [6, 6.07) is 4.42. The second-order valence-electron chi connectivity index (χ2n) is 10.9. The zero-order chi connectivity index (χ0) is 22.9. The summed E-state index contributed by atoms with van der Waals surface area (Å²) in [5.74, 6) is 3.20. The molecule has 1 aliphatic heterocycles. The van der Waals surface area contributed by atoms with Crippen LogP contribution in [0.3, 0.4) is 0 Å². The molecule has 2 aliphatic rings. The largest absolute Gasteiger partial charge is 0.488 e. The van der Waals surface area contributed by atoms with Gasteiger partial charge in [0.2, 0.25) is 0 Å². The van der Waals surface area contributed by atoms with E-state index in [1.54, 1.807) is 0 Å². The first-order chi connectivity index (χ1) is 15.2. The lowest BCUT2D eigenvalue weighted by atomic mass is 9.95. The van der Waals surface area contributed by atoms with Crippen LogP contribution in [-0.4, -0.2) is 35.5 Å². The lowest BCUT2D eigenvalue weighted by Crippen LogP contribution is -2.33. The maximum absolute atomic E-state index is 6.67. The normalized spacial score (nSPS) is 20.2. The molecule has 0 amide bonds. The van der Waals surface area contributed by atoms with Crippen LogP contribution in [0.4, 0.5) is 0 Å². The standard InChI is InChI=1S/C27H41N3O2/c1-18-13-15-30(16-14-18)17-21-22(32-27(3,4)5)11-12-23-25(21)24(19(2)31-23)26(28)29-20-9-7-6-8-10-20/h11-12,18,20H,6-10,13-17H2,1-5H3,(H2,28,29). The molecule has 1 saturated carbocycles. The number of ether oxygens (including phenoxy) is 1. The summed E-state index contributed by atoms with van der Waals surface area (Å²) in [5, 5.41) is 1.08. The zero-order valence-corrected chi connectivity index (χ0v) is 20.7. The smallest absolute Gasteiger partial charge is 0.135 e. The summed E-state index contributed by atoms with van der Waals surface area (Å²) >= 11 is 0. The number of amidine groups is 1. The zero-order valence-electron chi connectivity index (χ0n) is 20.7. The van der Waals surface area contributed by atoms with Crippen molar-refractivity contribution in [1.29, 1.82) is 0 Å². The molecule has 1 aromatic carbocycles. The average Bonchev–Trinajstić information content (AvgIpc) is 3.07. The number of fused-ring (bicyclic) bond motifs is 1. The highest BCUT2D eigenvalue weighted by Gasteiger charge is 2.26. The van der Waals surface area contributed by atoms with Gasteiger partial charge in [0.25, 0.3) is 0 Å². The summed E-state index contributed by atoms with van der Waals surface area (Å²) in [5.41, 5.74) is 9.41. The molecule has 176 valence electrons. The van der Waals surface area contributed by atoms with E-state index in [0.717, 1.165) is 66.4 Å². The van der Waals surface area contributed by atoms with Gasteiger partial charge in [0.15, 0.2) is 0 Å². The predicted molar refractivity (Wildman–Crippen MR) is 133 cm³/mol. The molecule has 1 saturated heterocycles. The molecule has 0 spiro atoms. The number of nitrogens with two attached hydrogens (primary N) is 1. The van der Waals surface area contributed by atoms with Crippen molar-refractivity contribution in [2.75, 3.05) is 13.1 Å². The third-order valence-corrected chi connectivity index (χ3v) is 6.92. The van der Waals surface area contributed by atoms with E-state index in [-0.39, 0.29) is 5.60 Å². The molecular weight excluding hydrogens is 398 g/mol. The van der Waals surface area contributed by atoms with Gasteiger partial charge in [-0.2, -0.15) is 0 Å². The fraction of sp³-hybridized carbons (Fsp3) is 0.667. The highest BCUT2D eigenvalue weighted by atomic mass is 16.5. The number of aliphatic imine (C=N–C) groups is 1. The van der Waals surface area contributed by atoms with Crippen LogP contribution < -0.4 is 10.5 Å². The van der Waals surface area contributed by atoms with Crippen molar-refractivity contribution in [2.45, 2.75) is 97.8 Å². The van der Waals surface area contributed by atoms with E-state index in [1.165, 1.54) is 37.7 Å². The Bertz CT molecular complexity index is 955. The third-order valence-electron chi connectivity index (χ3n) is 6.92. The molecule has 0 bridgehead atoms. The first-order valence-corrected chi connectivity index (χ1v) is 12.5. The van der Waals surface area contributed by atoms with Crippen LogP contribution in [0.1, 0.15) is 89.5 Å². The van der Waals surface area contributed by atoms with Crippen molar-refractivity contribution < 1.29 is 9.15 Å². The van der Waals surface area contributed by atoms with Crippen molar-refractivity contribution in [2.24, 2.45) is 16.6 Å². The maximum atomic E-state index is 6.67. The first-order valence-electron chi connectivity index (χ1n) is 12.5. The third kappa shape index (κ3) is 5.31. The van der Waals surface area contributed by atoms with Crippen LogP contribution in [0, 0.1) is 12.8 Å². The van der Waals surface area contributed by atoms with E-state index in [4.69, 9.17) is 19.9 Å². The monoisotopic (exact) mass is 439 g/mol. The molecular formula is C27H41N3O2. The first kappa shape index (κ1) is 23.2. The van der Waals surface area contributed by atoms with Gasteiger partial charge >= 0.3 is 0 Å². The van der Waals surface area contributed by atoms with Gasteiger partial charge < -0.3 is 14.9 Å². The molecule has 5 nitrogen and oxygen atoms in total. The number of nitrogens with zero attached hydrogens (tertiary/aromatic N) is 2. The van der Waals surface area contributed by atoms with Gasteiger partial charge in [0.1, 0.15) is 28.5 Å². The Balaban J connectivity index is 1.78. The Morgan fingerprint density at radius 2 is 1.81 bits per heavy atom. The molecule has 4 rings (SSSR count). The molecule has 0 radical (unpaired) electrons. The van der Waals surface area contributed by atoms with Crippen molar-refractivity contribution in [1.82, 2.24) is 4.90 Å². The number of likely N-dealkylation sites (tertiary alicyclic amines) is 1. The van der Waals surface area contributed by atoms with E-state index in [1.807, 2.05) is 13.0 Å². The van der Waals surface area contributed by atoms with Gasteiger partial charge in [-0.05, 0) is 84.5 Å². The van der Waals surface area contributed by atoms with Crippen LogP contribution in [0.15, 0.2) is 21.5 Å². The number of hydrogen-bond donors (Lipinski definition) is 1. The number of piperidine rings is 1. The lowest BCUT2D eigenvalue weighted by Gasteiger charge is -2.32. The minimum atomic E-state index is -0.278. The van der Waals surface area contributed by atoms with Gasteiger partial charge in [-0.3, -0.25) is 9.89 Å². The van der Waals surface area contributed by atoms with Gasteiger partial charge in [-0.1, -0.05) is 26.2 Å². The molecule has 0 unspecified atom stereocenters. The van der Waals surface area contributed by atoms with Crippen molar-refractivity contribution >= 4 is 16.8 Å². The lowest BCUT2D eigenvalue weighted by molar-refractivity contribution is 0.125. The average molecular weight is 440 g/mol. The molecule has 5 heteroatoms. The van der Waals surface area contributed by atoms with Crippen LogP contribution >= 0.6 is 0 Å². The summed E-state index contributed by atoms with van der Waals surface area (Å²) in [7, 11) is 0. The summed E-state index contributed by atoms with van der Waals surface area (Å²) in [4.78, 5) is 7.52. The Morgan fingerprint density at radius 3 is 2.47 bits per heavy atom. The Labute approximate surface area is 193 Å². The van der Waals surface area contributed by atoms with Gasteiger partial charge in [0, 0.05) is 17.5 Å². The van der Waals surface area contributed by atoms with Gasteiger partial charge in [0.05, 0.1) is 11.6 Å². The van der Waals surface area contributed by atoms with Crippen molar-refractivity contribution in [3.8, 4) is 5.75 Å². The molecule has 0 atom stereocenters. The van der Waals surface area contributed by atoms with Crippen LogP contribution in [0.5, 0.6) is 5.75 Å². The van der Waals surface area contributed by atoms with Crippen LogP contribution in [-0.2, 0) is 6.54 Å². The van der Waals surface area contributed by atoms with Crippen molar-refractivity contribution in [3.05, 3.63) is 29.0 Å². The highest BCUT2D eigenvalue weighted by Crippen LogP contribution is 2.37. The quantitative estimate of drug-likeness (QED) is 0.446. The van der Waals surface area contributed by atoms with E-state index in [2.05, 4.69) is 38.7 Å². The molecule has 2 heterocycles. The second kappa shape index (κ2) is 9.46. The summed E-state index contributed by atoms with van der Waals surface area (Å²) in [6.07, 6.45) is 8.55. The number of furan rings is 1. The Hall–Kier alpha value is -2.01. The summed E-state index contributed by atoms with van der Waals surface area (Å²) in [6.45, 7) is 13.7. The number of benzene rings is 1. The highest BCUT2D eigenvalue weighted by molar-refractivity contribution is 6.10. The van der Waals surface area contributed by atoms with E-state index in [0.29, 0.717) is 11.9 Å². The van der Waals surface area contributed by atoms with E-state index < -0.39 is 0 Å². The molecule has 32 heavy (non-hydrogen) atoms. The maximum Gasteiger partial charge on any atom is 0.135 e. The molecule has 2 fully saturated rings. The number of hydrogen-bond acceptors (Lipinski definition) is 4. The topological polar surface area (TPSA) is 64.0 Å². The summed E-state index contributed by atoms with van der Waals surface area (Å²) < 4.78 is 12.7. The van der Waals surface area contributed by atoms with Crippen molar-refractivity contribution in [3.63, 3.8) is 0 Å². The Morgan fingerprint density at radius 1 is 1.12 bits per heavy atom. The predicted octanol–water partition coefficient (Wildman–Crippen LogP) is 6.19. The second-order valence-corrected chi connectivity index (χ2v) is 10.9. The van der Waals surface area contributed by atoms with E-state index >= 15 is 0 Å².